The Bertz CT molecular complexity index is 545. The number of aromatic nitrogens is 4. The Labute approximate surface area is 107 Å². The van der Waals surface area contributed by atoms with Crippen molar-refractivity contribution in [3.05, 3.63) is 10.9 Å². The lowest BCUT2D eigenvalue weighted by Gasteiger charge is -2.23. The summed E-state index contributed by atoms with van der Waals surface area (Å²) in [7, 11) is 0. The van der Waals surface area contributed by atoms with Gasteiger partial charge in [-0.1, -0.05) is 0 Å². The van der Waals surface area contributed by atoms with Crippen LogP contribution < -0.4 is 11.1 Å². The second kappa shape index (κ2) is 4.23. The normalized spacial score (nSPS) is 20.9. The smallest absolute Gasteiger partial charge is 0.164 e. The molecule has 6 nitrogen and oxygen atoms in total. The highest BCUT2D eigenvalue weighted by atomic mass is 79.9. The molecule has 90 valence electrons. The molecule has 3 N–H and O–H groups in total. The van der Waals surface area contributed by atoms with Gasteiger partial charge in [0, 0.05) is 6.54 Å². The summed E-state index contributed by atoms with van der Waals surface area (Å²) in [5.74, 6) is 0.469. The van der Waals surface area contributed by atoms with Crippen molar-refractivity contribution in [3.8, 4) is 0 Å². The third-order valence-corrected chi connectivity index (χ3v) is 3.65. The van der Waals surface area contributed by atoms with Gasteiger partial charge in [0.15, 0.2) is 5.65 Å². The number of nitrogens with zero attached hydrogens (tertiary/aromatic N) is 4. The Balaban J connectivity index is 2.13. The topological polar surface area (TPSA) is 81.7 Å². The zero-order chi connectivity index (χ0) is 11.8. The van der Waals surface area contributed by atoms with Gasteiger partial charge in [0.25, 0.3) is 0 Å². The van der Waals surface area contributed by atoms with Gasteiger partial charge in [-0.05, 0) is 35.3 Å². The summed E-state index contributed by atoms with van der Waals surface area (Å²) in [5, 5.41) is 8.66. The number of nitrogens with two attached hydrogens (primary N) is 1. The van der Waals surface area contributed by atoms with E-state index in [1.165, 1.54) is 6.33 Å². The number of halogens is 1. The SMILES string of the molecule is Nc1ncnc2c1c(Br)nn2C1CCCNC1. The molecular weight excluding hydrogens is 284 g/mol. The maximum Gasteiger partial charge on any atom is 0.164 e. The van der Waals surface area contributed by atoms with E-state index in [1.807, 2.05) is 4.68 Å². The first-order chi connectivity index (χ1) is 8.27. The van der Waals surface area contributed by atoms with Gasteiger partial charge in [0.2, 0.25) is 0 Å². The minimum absolute atomic E-state index is 0.340. The lowest BCUT2D eigenvalue weighted by Crippen LogP contribution is -2.32. The molecule has 0 amide bonds. The average Bonchev–Trinajstić information content (AvgIpc) is 2.69. The summed E-state index contributed by atoms with van der Waals surface area (Å²) in [4.78, 5) is 8.28. The van der Waals surface area contributed by atoms with Crippen LogP contribution in [0.5, 0.6) is 0 Å². The largest absolute Gasteiger partial charge is 0.383 e. The first kappa shape index (κ1) is 10.9. The highest BCUT2D eigenvalue weighted by molar-refractivity contribution is 9.10. The van der Waals surface area contributed by atoms with Gasteiger partial charge < -0.3 is 11.1 Å². The van der Waals surface area contributed by atoms with Crippen LogP contribution in [0.25, 0.3) is 11.0 Å². The zero-order valence-corrected chi connectivity index (χ0v) is 10.8. The predicted octanol–water partition coefficient (Wildman–Crippen LogP) is 1.10. The molecule has 0 bridgehead atoms. The van der Waals surface area contributed by atoms with Crippen LogP contribution in [0.3, 0.4) is 0 Å². The molecular formula is C10H13BrN6. The number of nitrogen functional groups attached to an aromatic ring is 1. The molecule has 1 atom stereocenters. The Morgan fingerprint density at radius 1 is 1.47 bits per heavy atom. The third-order valence-electron chi connectivity index (χ3n) is 3.09. The van der Waals surface area contributed by atoms with Crippen LogP contribution in [-0.2, 0) is 0 Å². The highest BCUT2D eigenvalue weighted by Gasteiger charge is 2.21. The Kier molecular flexibility index (Phi) is 2.71. The first-order valence-corrected chi connectivity index (χ1v) is 6.41. The van der Waals surface area contributed by atoms with Crippen LogP contribution in [0, 0.1) is 0 Å². The molecule has 0 aromatic carbocycles. The van der Waals surface area contributed by atoms with Crippen molar-refractivity contribution in [2.24, 2.45) is 0 Å². The molecule has 3 heterocycles. The Hall–Kier alpha value is -1.21. The lowest BCUT2D eigenvalue weighted by molar-refractivity contribution is 0.352. The van der Waals surface area contributed by atoms with Crippen LogP contribution in [0.1, 0.15) is 18.9 Å². The minimum atomic E-state index is 0.340. The van der Waals surface area contributed by atoms with Crippen molar-refractivity contribution in [2.75, 3.05) is 18.8 Å². The molecule has 0 spiro atoms. The van der Waals surface area contributed by atoms with E-state index in [0.29, 0.717) is 11.9 Å². The number of hydrogen-bond donors (Lipinski definition) is 2. The number of piperidine rings is 1. The second-order valence-electron chi connectivity index (χ2n) is 4.19. The molecule has 17 heavy (non-hydrogen) atoms. The monoisotopic (exact) mass is 296 g/mol. The molecule has 0 radical (unpaired) electrons. The molecule has 2 aromatic heterocycles. The van der Waals surface area contributed by atoms with Crippen LogP contribution in [-0.4, -0.2) is 32.8 Å². The standard InChI is InChI=1S/C10H13BrN6/c11-8-7-9(12)14-5-15-10(7)17(16-8)6-2-1-3-13-4-6/h5-6,13H,1-4H2,(H2,12,14,15). The second-order valence-corrected chi connectivity index (χ2v) is 4.94. The minimum Gasteiger partial charge on any atom is -0.383 e. The molecule has 0 aliphatic carbocycles. The van der Waals surface area contributed by atoms with Crippen molar-refractivity contribution in [1.82, 2.24) is 25.1 Å². The molecule has 2 aromatic rings. The van der Waals surface area contributed by atoms with Crippen LogP contribution >= 0.6 is 15.9 Å². The van der Waals surface area contributed by atoms with E-state index < -0.39 is 0 Å². The quantitative estimate of drug-likeness (QED) is 0.823. The molecule has 0 saturated carbocycles. The van der Waals surface area contributed by atoms with Crippen LogP contribution in [0.15, 0.2) is 10.9 Å². The summed E-state index contributed by atoms with van der Waals surface area (Å²) in [6.45, 7) is 2.00. The van der Waals surface area contributed by atoms with Gasteiger partial charge in [0.05, 0.1) is 11.4 Å². The number of fused-ring (bicyclic) bond motifs is 1. The molecule has 1 aliphatic heterocycles. The van der Waals surface area contributed by atoms with E-state index in [4.69, 9.17) is 5.73 Å². The fourth-order valence-corrected chi connectivity index (χ4v) is 2.80. The van der Waals surface area contributed by atoms with Crippen molar-refractivity contribution in [1.29, 1.82) is 0 Å². The summed E-state index contributed by atoms with van der Waals surface area (Å²) in [6.07, 6.45) is 3.75. The molecule has 3 rings (SSSR count). The average molecular weight is 297 g/mol. The molecule has 1 saturated heterocycles. The fourth-order valence-electron chi connectivity index (χ4n) is 2.25. The van der Waals surface area contributed by atoms with E-state index in [-0.39, 0.29) is 0 Å². The van der Waals surface area contributed by atoms with Gasteiger partial charge in [-0.2, -0.15) is 5.10 Å². The number of anilines is 1. The highest BCUT2D eigenvalue weighted by Crippen LogP contribution is 2.29. The van der Waals surface area contributed by atoms with Gasteiger partial charge in [-0.15, -0.1) is 0 Å². The molecule has 1 aliphatic rings. The number of hydrogen-bond acceptors (Lipinski definition) is 5. The first-order valence-electron chi connectivity index (χ1n) is 5.62. The predicted molar refractivity (Wildman–Crippen MR) is 68.6 cm³/mol. The van der Waals surface area contributed by atoms with Gasteiger partial charge in [-0.3, -0.25) is 0 Å². The fraction of sp³-hybridized carbons (Fsp3) is 0.500. The van der Waals surface area contributed by atoms with Gasteiger partial charge in [-0.25, -0.2) is 14.6 Å². The summed E-state index contributed by atoms with van der Waals surface area (Å²) >= 11 is 3.42. The van der Waals surface area contributed by atoms with Crippen molar-refractivity contribution in [3.63, 3.8) is 0 Å². The van der Waals surface area contributed by atoms with Gasteiger partial charge in [0.1, 0.15) is 16.7 Å². The van der Waals surface area contributed by atoms with E-state index in [2.05, 4.69) is 36.3 Å². The summed E-state index contributed by atoms with van der Waals surface area (Å²) in [6, 6.07) is 0.340. The molecule has 7 heteroatoms. The number of nitrogens with one attached hydrogen (secondary N) is 1. The van der Waals surface area contributed by atoms with E-state index in [0.717, 1.165) is 41.6 Å². The Morgan fingerprint density at radius 3 is 3.12 bits per heavy atom. The maximum atomic E-state index is 5.85. The van der Waals surface area contributed by atoms with E-state index in [9.17, 15) is 0 Å². The van der Waals surface area contributed by atoms with E-state index in [1.54, 1.807) is 0 Å². The van der Waals surface area contributed by atoms with Crippen molar-refractivity contribution < 1.29 is 0 Å². The van der Waals surface area contributed by atoms with E-state index >= 15 is 0 Å². The zero-order valence-electron chi connectivity index (χ0n) is 9.23. The van der Waals surface area contributed by atoms with Gasteiger partial charge >= 0.3 is 0 Å². The summed E-state index contributed by atoms with van der Waals surface area (Å²) < 4.78 is 2.67. The Morgan fingerprint density at radius 2 is 2.35 bits per heavy atom. The third kappa shape index (κ3) is 1.79. The number of rotatable bonds is 1. The maximum absolute atomic E-state index is 5.85. The molecule has 1 unspecified atom stereocenters. The van der Waals surface area contributed by atoms with Crippen molar-refractivity contribution in [2.45, 2.75) is 18.9 Å². The van der Waals surface area contributed by atoms with Crippen molar-refractivity contribution >= 4 is 32.8 Å². The van der Waals surface area contributed by atoms with Crippen LogP contribution in [0.4, 0.5) is 5.82 Å². The lowest BCUT2D eigenvalue weighted by atomic mass is 10.1. The van der Waals surface area contributed by atoms with Crippen LogP contribution in [0.2, 0.25) is 0 Å². The summed E-state index contributed by atoms with van der Waals surface area (Å²) in [5.41, 5.74) is 6.65. The molecule has 1 fully saturated rings.